The lowest BCUT2D eigenvalue weighted by Gasteiger charge is -2.10. The number of nitrogens with zero attached hydrogens (tertiary/aromatic N) is 1. The van der Waals surface area contributed by atoms with Gasteiger partial charge in [0, 0.05) is 24.3 Å². The quantitative estimate of drug-likeness (QED) is 0.790. The molecule has 0 bridgehead atoms. The van der Waals surface area contributed by atoms with Crippen LogP contribution in [0.4, 0.5) is 0 Å². The van der Waals surface area contributed by atoms with E-state index in [0.717, 1.165) is 18.1 Å². The van der Waals surface area contributed by atoms with Crippen molar-refractivity contribution in [3.63, 3.8) is 0 Å². The fraction of sp³-hybridized carbons (Fsp3) is 0.300. The Bertz CT molecular complexity index is 338. The predicted molar refractivity (Wildman–Crippen MR) is 58.6 cm³/mol. The average molecular weight is 210 g/mol. The highest BCUT2D eigenvalue weighted by Crippen LogP contribution is 2.10. The number of nitrogens with one attached hydrogen (secondary N) is 2. The Morgan fingerprint density at radius 3 is 3.21 bits per heavy atom. The van der Waals surface area contributed by atoms with Crippen molar-refractivity contribution in [2.24, 2.45) is 4.99 Å². The van der Waals surface area contributed by atoms with Crippen LogP contribution in [0.2, 0.25) is 5.02 Å². The van der Waals surface area contributed by atoms with Crippen LogP contribution in [0.1, 0.15) is 5.56 Å². The molecule has 0 aromatic heterocycles. The normalized spacial score (nSPS) is 20.2. The third-order valence-electron chi connectivity index (χ3n) is 2.05. The maximum absolute atomic E-state index is 5.87. The number of aliphatic imine (C=N–C) groups is 1. The highest BCUT2D eigenvalue weighted by molar-refractivity contribution is 6.30. The first-order valence-electron chi connectivity index (χ1n) is 4.57. The Labute approximate surface area is 88.2 Å². The van der Waals surface area contributed by atoms with Crippen LogP contribution < -0.4 is 10.6 Å². The Morgan fingerprint density at radius 1 is 1.57 bits per heavy atom. The zero-order chi connectivity index (χ0) is 9.80. The second kappa shape index (κ2) is 4.55. The van der Waals surface area contributed by atoms with Crippen LogP contribution in [-0.4, -0.2) is 19.0 Å². The van der Waals surface area contributed by atoms with E-state index >= 15 is 0 Å². The topological polar surface area (TPSA) is 36.4 Å². The van der Waals surface area contributed by atoms with Gasteiger partial charge in [0.25, 0.3) is 0 Å². The van der Waals surface area contributed by atoms with E-state index in [9.17, 15) is 0 Å². The molecule has 0 spiro atoms. The van der Waals surface area contributed by atoms with E-state index in [1.54, 1.807) is 0 Å². The standard InChI is InChI=1S/C10H12ClN3/c11-9-3-1-2-8(6-9)7-14-10-12-4-5-13-10/h1-4,6,10,13-14H,5,7H2. The fourth-order valence-corrected chi connectivity index (χ4v) is 1.57. The Hall–Kier alpha value is -0.900. The van der Waals surface area contributed by atoms with E-state index in [1.165, 1.54) is 5.56 Å². The zero-order valence-electron chi connectivity index (χ0n) is 7.70. The van der Waals surface area contributed by atoms with Crippen molar-refractivity contribution in [1.82, 2.24) is 10.6 Å². The third kappa shape index (κ3) is 2.54. The van der Waals surface area contributed by atoms with Gasteiger partial charge in [0.05, 0.1) is 0 Å². The summed E-state index contributed by atoms with van der Waals surface area (Å²) in [6, 6.07) is 7.81. The summed E-state index contributed by atoms with van der Waals surface area (Å²) in [5.74, 6) is 0. The monoisotopic (exact) mass is 209 g/mol. The summed E-state index contributed by atoms with van der Waals surface area (Å²) in [5.41, 5.74) is 1.17. The molecule has 1 aromatic carbocycles. The van der Waals surface area contributed by atoms with Crippen molar-refractivity contribution in [2.45, 2.75) is 12.8 Å². The molecule has 2 rings (SSSR count). The molecule has 2 N–H and O–H groups in total. The van der Waals surface area contributed by atoms with Crippen LogP contribution in [0.3, 0.4) is 0 Å². The lowest BCUT2D eigenvalue weighted by Crippen LogP contribution is -2.36. The minimum Gasteiger partial charge on any atom is -0.279 e. The predicted octanol–water partition coefficient (Wildman–Crippen LogP) is 1.39. The summed E-state index contributed by atoms with van der Waals surface area (Å²) in [5, 5.41) is 7.20. The summed E-state index contributed by atoms with van der Waals surface area (Å²) < 4.78 is 0. The Morgan fingerprint density at radius 2 is 2.50 bits per heavy atom. The van der Waals surface area contributed by atoms with Crippen molar-refractivity contribution in [2.75, 3.05) is 6.54 Å². The van der Waals surface area contributed by atoms with Crippen molar-refractivity contribution in [3.8, 4) is 0 Å². The van der Waals surface area contributed by atoms with Crippen LogP contribution in [-0.2, 0) is 6.54 Å². The number of benzene rings is 1. The van der Waals surface area contributed by atoms with Gasteiger partial charge in [0.15, 0.2) is 6.29 Å². The number of rotatable bonds is 3. The number of hydrogen-bond donors (Lipinski definition) is 2. The van der Waals surface area contributed by atoms with Crippen molar-refractivity contribution >= 4 is 17.8 Å². The first kappa shape index (κ1) is 9.65. The van der Waals surface area contributed by atoms with Gasteiger partial charge in [-0.1, -0.05) is 23.7 Å². The Balaban J connectivity index is 1.88. The van der Waals surface area contributed by atoms with Crippen LogP contribution in [0.5, 0.6) is 0 Å². The maximum atomic E-state index is 5.87. The molecule has 0 radical (unpaired) electrons. The van der Waals surface area contributed by atoms with E-state index in [-0.39, 0.29) is 6.29 Å². The molecule has 0 aliphatic carbocycles. The van der Waals surface area contributed by atoms with E-state index in [4.69, 9.17) is 11.6 Å². The summed E-state index contributed by atoms with van der Waals surface area (Å²) >= 11 is 5.87. The Kier molecular flexibility index (Phi) is 3.14. The van der Waals surface area contributed by atoms with Gasteiger partial charge in [-0.05, 0) is 17.7 Å². The van der Waals surface area contributed by atoms with Gasteiger partial charge >= 0.3 is 0 Å². The molecule has 14 heavy (non-hydrogen) atoms. The minimum absolute atomic E-state index is 0.0500. The third-order valence-corrected chi connectivity index (χ3v) is 2.28. The molecule has 1 aliphatic rings. The molecule has 3 nitrogen and oxygen atoms in total. The molecular weight excluding hydrogens is 198 g/mol. The molecule has 4 heteroatoms. The SMILES string of the molecule is Clc1cccc(CNC2N=CCN2)c1. The molecule has 0 saturated carbocycles. The molecule has 1 heterocycles. The van der Waals surface area contributed by atoms with Crippen molar-refractivity contribution < 1.29 is 0 Å². The van der Waals surface area contributed by atoms with Gasteiger partial charge in [-0.3, -0.25) is 15.6 Å². The van der Waals surface area contributed by atoms with Crippen LogP contribution in [0.15, 0.2) is 29.3 Å². The average Bonchev–Trinajstić information content (AvgIpc) is 2.67. The molecule has 1 aliphatic heterocycles. The van der Waals surface area contributed by atoms with E-state index in [0.29, 0.717) is 0 Å². The van der Waals surface area contributed by atoms with Gasteiger partial charge in [-0.15, -0.1) is 0 Å². The molecule has 0 fully saturated rings. The molecule has 74 valence electrons. The summed E-state index contributed by atoms with van der Waals surface area (Å²) in [7, 11) is 0. The molecule has 0 amide bonds. The maximum Gasteiger partial charge on any atom is 0.153 e. The van der Waals surface area contributed by atoms with Gasteiger partial charge in [0.2, 0.25) is 0 Å². The first-order chi connectivity index (χ1) is 6.84. The lowest BCUT2D eigenvalue weighted by atomic mass is 10.2. The highest BCUT2D eigenvalue weighted by Gasteiger charge is 2.07. The van der Waals surface area contributed by atoms with Gasteiger partial charge in [0.1, 0.15) is 0 Å². The van der Waals surface area contributed by atoms with Crippen molar-refractivity contribution in [3.05, 3.63) is 34.9 Å². The second-order valence-corrected chi connectivity index (χ2v) is 3.59. The molecule has 1 aromatic rings. The molecular formula is C10H12ClN3. The number of hydrogen-bond acceptors (Lipinski definition) is 3. The lowest BCUT2D eigenvalue weighted by molar-refractivity contribution is 0.483. The van der Waals surface area contributed by atoms with Gasteiger partial charge in [-0.25, -0.2) is 0 Å². The fourth-order valence-electron chi connectivity index (χ4n) is 1.36. The molecule has 1 atom stereocenters. The second-order valence-electron chi connectivity index (χ2n) is 3.15. The van der Waals surface area contributed by atoms with Crippen LogP contribution in [0.25, 0.3) is 0 Å². The van der Waals surface area contributed by atoms with E-state index in [1.807, 2.05) is 30.5 Å². The molecule has 0 saturated heterocycles. The van der Waals surface area contributed by atoms with Crippen LogP contribution >= 0.6 is 11.6 Å². The zero-order valence-corrected chi connectivity index (χ0v) is 8.46. The smallest absolute Gasteiger partial charge is 0.153 e. The molecule has 1 unspecified atom stereocenters. The number of halogens is 1. The highest BCUT2D eigenvalue weighted by atomic mass is 35.5. The minimum atomic E-state index is 0.0500. The summed E-state index contributed by atoms with van der Waals surface area (Å²) in [4.78, 5) is 4.19. The summed E-state index contributed by atoms with van der Waals surface area (Å²) in [6.45, 7) is 1.61. The van der Waals surface area contributed by atoms with Gasteiger partial charge in [-0.2, -0.15) is 0 Å². The van der Waals surface area contributed by atoms with Gasteiger partial charge < -0.3 is 0 Å². The van der Waals surface area contributed by atoms with Crippen LogP contribution in [0, 0.1) is 0 Å². The summed E-state index contributed by atoms with van der Waals surface area (Å²) in [6.07, 6.45) is 1.92. The van der Waals surface area contributed by atoms with Crippen molar-refractivity contribution in [1.29, 1.82) is 0 Å². The first-order valence-corrected chi connectivity index (χ1v) is 4.95. The van der Waals surface area contributed by atoms with E-state index in [2.05, 4.69) is 15.6 Å². The largest absolute Gasteiger partial charge is 0.279 e. The van der Waals surface area contributed by atoms with E-state index < -0.39 is 0 Å².